The zero-order valence-electron chi connectivity index (χ0n) is 12.0. The summed E-state index contributed by atoms with van der Waals surface area (Å²) in [6.07, 6.45) is 0. The third-order valence-corrected chi connectivity index (χ3v) is 3.16. The Morgan fingerprint density at radius 3 is 2.26 bits per heavy atom. The first-order valence-corrected chi connectivity index (χ1v) is 6.15. The topological polar surface area (TPSA) is 70.2 Å². The van der Waals surface area contributed by atoms with E-state index >= 15 is 0 Å². The second-order valence-corrected chi connectivity index (χ2v) is 4.94. The van der Waals surface area contributed by atoms with E-state index in [4.69, 9.17) is 0 Å². The lowest BCUT2D eigenvalue weighted by Gasteiger charge is -2.23. The van der Waals surface area contributed by atoms with Gasteiger partial charge in [0, 0.05) is 18.3 Å². The molecule has 0 aliphatic rings. The van der Waals surface area contributed by atoms with E-state index < -0.39 is 5.54 Å². The van der Waals surface area contributed by atoms with Crippen molar-refractivity contribution in [2.24, 2.45) is 0 Å². The van der Waals surface area contributed by atoms with E-state index in [1.165, 1.54) is 0 Å². The zero-order chi connectivity index (χ0) is 14.6. The summed E-state index contributed by atoms with van der Waals surface area (Å²) in [5.74, 6) is -0.262. The van der Waals surface area contributed by atoms with Crippen LogP contribution in [0.25, 0.3) is 0 Å². The van der Waals surface area contributed by atoms with Gasteiger partial charge < -0.3 is 16.0 Å². The molecule has 1 aromatic rings. The van der Waals surface area contributed by atoms with E-state index in [0.717, 1.165) is 5.56 Å². The third kappa shape index (κ3) is 3.54. The number of anilines is 1. The molecule has 1 aromatic carbocycles. The molecule has 5 nitrogen and oxygen atoms in total. The van der Waals surface area contributed by atoms with Crippen LogP contribution in [0.3, 0.4) is 0 Å². The molecule has 0 saturated heterocycles. The Morgan fingerprint density at radius 1 is 1.16 bits per heavy atom. The Balaban J connectivity index is 2.93. The lowest BCUT2D eigenvalue weighted by Crippen LogP contribution is -2.48. The van der Waals surface area contributed by atoms with Crippen molar-refractivity contribution in [2.75, 3.05) is 19.4 Å². The van der Waals surface area contributed by atoms with Gasteiger partial charge in [-0.2, -0.15) is 0 Å². The van der Waals surface area contributed by atoms with Gasteiger partial charge in [-0.15, -0.1) is 0 Å². The molecule has 3 N–H and O–H groups in total. The van der Waals surface area contributed by atoms with Crippen LogP contribution in [0.15, 0.2) is 18.2 Å². The Labute approximate surface area is 113 Å². The van der Waals surface area contributed by atoms with Gasteiger partial charge in [-0.25, -0.2) is 0 Å². The van der Waals surface area contributed by atoms with E-state index in [-0.39, 0.29) is 11.8 Å². The monoisotopic (exact) mass is 263 g/mol. The van der Waals surface area contributed by atoms with Gasteiger partial charge in [-0.1, -0.05) is 0 Å². The second-order valence-electron chi connectivity index (χ2n) is 4.94. The SMILES string of the molecule is CNC(=O)c1ccc(NC(=O)C(C)(C)NC)c(C)c1. The van der Waals surface area contributed by atoms with Crippen molar-refractivity contribution in [2.45, 2.75) is 26.3 Å². The molecule has 0 spiro atoms. The van der Waals surface area contributed by atoms with Crippen molar-refractivity contribution in [3.05, 3.63) is 29.3 Å². The molecule has 0 aromatic heterocycles. The molecule has 5 heteroatoms. The highest BCUT2D eigenvalue weighted by molar-refractivity contribution is 5.99. The van der Waals surface area contributed by atoms with E-state index in [9.17, 15) is 9.59 Å². The summed E-state index contributed by atoms with van der Waals surface area (Å²) < 4.78 is 0. The summed E-state index contributed by atoms with van der Waals surface area (Å²) in [5, 5.41) is 8.36. The zero-order valence-corrected chi connectivity index (χ0v) is 12.0. The van der Waals surface area contributed by atoms with Crippen LogP contribution >= 0.6 is 0 Å². The van der Waals surface area contributed by atoms with Crippen LogP contribution in [0.4, 0.5) is 5.69 Å². The average molecular weight is 263 g/mol. The van der Waals surface area contributed by atoms with Crippen molar-refractivity contribution in [1.82, 2.24) is 10.6 Å². The van der Waals surface area contributed by atoms with Crippen molar-refractivity contribution in [3.8, 4) is 0 Å². The highest BCUT2D eigenvalue weighted by Crippen LogP contribution is 2.18. The summed E-state index contributed by atoms with van der Waals surface area (Å²) >= 11 is 0. The summed E-state index contributed by atoms with van der Waals surface area (Å²) in [7, 11) is 3.32. The highest BCUT2D eigenvalue weighted by atomic mass is 16.2. The summed E-state index contributed by atoms with van der Waals surface area (Å²) in [6, 6.07) is 5.18. The molecule has 0 unspecified atom stereocenters. The van der Waals surface area contributed by atoms with Gasteiger partial charge in [0.2, 0.25) is 5.91 Å². The largest absolute Gasteiger partial charge is 0.355 e. The smallest absolute Gasteiger partial charge is 0.251 e. The van der Waals surface area contributed by atoms with Gasteiger partial charge in [0.1, 0.15) is 0 Å². The molecule has 19 heavy (non-hydrogen) atoms. The molecule has 0 aliphatic carbocycles. The normalized spacial score (nSPS) is 11.0. The van der Waals surface area contributed by atoms with Gasteiger partial charge in [0.05, 0.1) is 5.54 Å². The lowest BCUT2D eigenvalue weighted by molar-refractivity contribution is -0.121. The molecule has 0 fully saturated rings. The number of carbonyl (C=O) groups is 2. The predicted octanol–water partition coefficient (Wildman–Crippen LogP) is 1.29. The predicted molar refractivity (Wildman–Crippen MR) is 76.3 cm³/mol. The van der Waals surface area contributed by atoms with Gasteiger partial charge >= 0.3 is 0 Å². The number of hydrogen-bond donors (Lipinski definition) is 3. The maximum atomic E-state index is 12.0. The number of likely N-dealkylation sites (N-methyl/N-ethyl adjacent to an activating group) is 1. The summed E-state index contributed by atoms with van der Waals surface area (Å²) in [6.45, 7) is 5.46. The first-order valence-electron chi connectivity index (χ1n) is 6.15. The van der Waals surface area contributed by atoms with E-state index in [1.807, 2.05) is 6.92 Å². The number of rotatable bonds is 4. The minimum atomic E-state index is -0.647. The van der Waals surface area contributed by atoms with E-state index in [2.05, 4.69) is 16.0 Å². The summed E-state index contributed by atoms with van der Waals surface area (Å²) in [4.78, 5) is 23.5. The second kappa shape index (κ2) is 5.84. The van der Waals surface area contributed by atoms with Gasteiger partial charge in [-0.3, -0.25) is 9.59 Å². The Hall–Kier alpha value is -1.88. The molecular formula is C14H21N3O2. The van der Waals surface area contributed by atoms with Crippen LogP contribution in [0, 0.1) is 6.92 Å². The fourth-order valence-electron chi connectivity index (χ4n) is 1.48. The molecule has 1 rings (SSSR count). The molecule has 0 atom stereocenters. The molecule has 2 amide bonds. The standard InChI is InChI=1S/C14H21N3O2/c1-9-8-10(12(18)15-4)6-7-11(9)17-13(19)14(2,3)16-5/h6-8,16H,1-5H3,(H,15,18)(H,17,19). The van der Waals surface area contributed by atoms with Crippen LogP contribution in [-0.2, 0) is 4.79 Å². The Morgan fingerprint density at radius 2 is 1.79 bits per heavy atom. The number of amides is 2. The number of aryl methyl sites for hydroxylation is 1. The van der Waals surface area contributed by atoms with Gasteiger partial charge in [0.25, 0.3) is 5.91 Å². The van der Waals surface area contributed by atoms with Crippen molar-refractivity contribution >= 4 is 17.5 Å². The van der Waals surface area contributed by atoms with E-state index in [1.54, 1.807) is 46.1 Å². The molecule has 104 valence electrons. The number of hydrogen-bond acceptors (Lipinski definition) is 3. The molecule has 0 heterocycles. The van der Waals surface area contributed by atoms with Crippen LogP contribution in [0.5, 0.6) is 0 Å². The highest BCUT2D eigenvalue weighted by Gasteiger charge is 2.25. The number of carbonyl (C=O) groups excluding carboxylic acids is 2. The van der Waals surface area contributed by atoms with Crippen LogP contribution in [0.1, 0.15) is 29.8 Å². The van der Waals surface area contributed by atoms with Crippen LogP contribution in [0.2, 0.25) is 0 Å². The van der Waals surface area contributed by atoms with Gasteiger partial charge in [-0.05, 0) is 51.6 Å². The van der Waals surface area contributed by atoms with Crippen molar-refractivity contribution in [1.29, 1.82) is 0 Å². The Kier molecular flexibility index (Phi) is 4.67. The minimum absolute atomic E-state index is 0.120. The molecular weight excluding hydrogens is 242 g/mol. The number of benzene rings is 1. The minimum Gasteiger partial charge on any atom is -0.355 e. The molecule has 0 saturated carbocycles. The summed E-state index contributed by atoms with van der Waals surface area (Å²) in [5.41, 5.74) is 1.49. The first-order chi connectivity index (χ1) is 8.81. The molecule has 0 aliphatic heterocycles. The van der Waals surface area contributed by atoms with Crippen molar-refractivity contribution < 1.29 is 9.59 Å². The first kappa shape index (κ1) is 15.2. The number of nitrogens with one attached hydrogen (secondary N) is 3. The maximum Gasteiger partial charge on any atom is 0.251 e. The third-order valence-electron chi connectivity index (χ3n) is 3.16. The van der Waals surface area contributed by atoms with Crippen molar-refractivity contribution in [3.63, 3.8) is 0 Å². The average Bonchev–Trinajstić information content (AvgIpc) is 2.39. The lowest BCUT2D eigenvalue weighted by atomic mass is 10.0. The fourth-order valence-corrected chi connectivity index (χ4v) is 1.48. The Bertz CT molecular complexity index is 495. The van der Waals surface area contributed by atoms with Crippen LogP contribution in [-0.4, -0.2) is 31.4 Å². The van der Waals surface area contributed by atoms with Crippen LogP contribution < -0.4 is 16.0 Å². The fraction of sp³-hybridized carbons (Fsp3) is 0.429. The quantitative estimate of drug-likeness (QED) is 0.766. The van der Waals surface area contributed by atoms with E-state index in [0.29, 0.717) is 11.3 Å². The molecule has 0 radical (unpaired) electrons. The van der Waals surface area contributed by atoms with Gasteiger partial charge in [0.15, 0.2) is 0 Å². The maximum absolute atomic E-state index is 12.0. The molecule has 0 bridgehead atoms.